The Morgan fingerprint density at radius 1 is 1.19 bits per heavy atom. The number of rotatable bonds is 9. The predicted octanol–water partition coefficient (Wildman–Crippen LogP) is 2.00. The summed E-state index contributed by atoms with van der Waals surface area (Å²) in [5.41, 5.74) is 2.84. The number of likely N-dealkylation sites (N-methyl/N-ethyl adjacent to an activating group) is 1. The summed E-state index contributed by atoms with van der Waals surface area (Å²) >= 11 is 0. The highest BCUT2D eigenvalue weighted by molar-refractivity contribution is 5.85. The highest BCUT2D eigenvalue weighted by Gasteiger charge is 2.19. The third-order valence-corrected chi connectivity index (χ3v) is 6.01. The van der Waals surface area contributed by atoms with E-state index in [1.165, 1.54) is 11.1 Å². The number of nitrogens with zero attached hydrogens (tertiary/aromatic N) is 2. The van der Waals surface area contributed by atoms with Crippen LogP contribution >= 0.6 is 0 Å². The molecule has 2 N–H and O–H groups in total. The Hall–Kier alpha value is -2.12. The lowest BCUT2D eigenvalue weighted by atomic mass is 9.88. The second kappa shape index (κ2) is 12.7. The molecule has 1 aliphatic carbocycles. The number of guanidine groups is 1. The molecule has 7 heteroatoms. The van der Waals surface area contributed by atoms with Crippen molar-refractivity contribution in [2.45, 2.75) is 44.6 Å². The van der Waals surface area contributed by atoms with E-state index in [0.717, 1.165) is 71.5 Å². The van der Waals surface area contributed by atoms with E-state index in [1.807, 2.05) is 0 Å². The molecule has 1 atom stereocenters. The van der Waals surface area contributed by atoms with Crippen LogP contribution in [0, 0.1) is 5.92 Å². The average Bonchev–Trinajstić information content (AvgIpc) is 2.79. The molecule has 31 heavy (non-hydrogen) atoms. The number of ether oxygens (including phenoxy) is 2. The molecule has 1 heterocycles. The van der Waals surface area contributed by atoms with Crippen LogP contribution in [0.15, 0.2) is 29.3 Å². The Labute approximate surface area is 186 Å². The van der Waals surface area contributed by atoms with E-state index in [0.29, 0.717) is 17.9 Å². The molecule has 0 radical (unpaired) electrons. The molecule has 1 aliphatic heterocycles. The van der Waals surface area contributed by atoms with Crippen molar-refractivity contribution in [2.75, 3.05) is 53.6 Å². The van der Waals surface area contributed by atoms with Gasteiger partial charge in [-0.25, -0.2) is 4.99 Å². The summed E-state index contributed by atoms with van der Waals surface area (Å²) in [5.74, 6) is 1.34. The van der Waals surface area contributed by atoms with E-state index in [1.54, 1.807) is 19.0 Å². The van der Waals surface area contributed by atoms with Crippen LogP contribution < -0.4 is 10.6 Å². The first-order valence-electron chi connectivity index (χ1n) is 11.6. The monoisotopic (exact) mass is 430 g/mol. The lowest BCUT2D eigenvalue weighted by Crippen LogP contribution is -2.46. The minimum absolute atomic E-state index is 0.00474. The molecule has 1 aromatic rings. The summed E-state index contributed by atoms with van der Waals surface area (Å²) < 4.78 is 11.3. The molecule has 1 saturated heterocycles. The van der Waals surface area contributed by atoms with Gasteiger partial charge >= 0.3 is 0 Å². The second-order valence-corrected chi connectivity index (χ2v) is 8.72. The topological polar surface area (TPSA) is 75.2 Å². The van der Waals surface area contributed by atoms with Crippen LogP contribution in [0.4, 0.5) is 0 Å². The Balaban J connectivity index is 1.43. The molecule has 1 aromatic carbocycles. The summed E-state index contributed by atoms with van der Waals surface area (Å²) in [6, 6.07) is 8.95. The van der Waals surface area contributed by atoms with Gasteiger partial charge < -0.3 is 25.0 Å². The molecule has 1 unspecified atom stereocenters. The maximum atomic E-state index is 12.0. The van der Waals surface area contributed by atoms with Gasteiger partial charge in [0.2, 0.25) is 5.91 Å². The van der Waals surface area contributed by atoms with Gasteiger partial charge in [-0.05, 0) is 55.6 Å². The molecule has 0 spiro atoms. The predicted molar refractivity (Wildman–Crippen MR) is 123 cm³/mol. The minimum atomic E-state index is -0.00474. The molecule has 0 bridgehead atoms. The zero-order chi connectivity index (χ0) is 21.9. The van der Waals surface area contributed by atoms with Crippen LogP contribution in [0.5, 0.6) is 0 Å². The van der Waals surface area contributed by atoms with Gasteiger partial charge in [-0.2, -0.15) is 0 Å². The third kappa shape index (κ3) is 8.15. The first-order chi connectivity index (χ1) is 15.1. The van der Waals surface area contributed by atoms with Gasteiger partial charge in [0.25, 0.3) is 0 Å². The number of fused-ring (bicyclic) bond motifs is 1. The highest BCUT2D eigenvalue weighted by atomic mass is 16.5. The van der Waals surface area contributed by atoms with Crippen LogP contribution in [-0.2, 0) is 27.1 Å². The van der Waals surface area contributed by atoms with Crippen LogP contribution in [-0.4, -0.2) is 76.4 Å². The lowest BCUT2D eigenvalue weighted by molar-refractivity contribution is -0.127. The molecular formula is C24H38N4O3. The molecule has 1 fully saturated rings. The van der Waals surface area contributed by atoms with Gasteiger partial charge in [0.05, 0.1) is 0 Å². The van der Waals surface area contributed by atoms with Gasteiger partial charge in [-0.1, -0.05) is 24.3 Å². The summed E-state index contributed by atoms with van der Waals surface area (Å²) in [5, 5.41) is 6.94. The van der Waals surface area contributed by atoms with Crippen LogP contribution in [0.3, 0.4) is 0 Å². The van der Waals surface area contributed by atoms with E-state index in [2.05, 4.69) is 39.9 Å². The van der Waals surface area contributed by atoms with Crippen molar-refractivity contribution < 1.29 is 14.3 Å². The summed E-state index contributed by atoms with van der Waals surface area (Å²) in [6.07, 6.45) is 6.21. The Morgan fingerprint density at radius 3 is 2.74 bits per heavy atom. The SMILES string of the molecule is CN(C)C(=O)CN=C(NCCCOCC1CCOCC1)NC1CCc2ccccc2C1. The lowest BCUT2D eigenvalue weighted by Gasteiger charge is -2.27. The third-order valence-electron chi connectivity index (χ3n) is 6.01. The highest BCUT2D eigenvalue weighted by Crippen LogP contribution is 2.21. The van der Waals surface area contributed by atoms with Crippen molar-refractivity contribution in [3.8, 4) is 0 Å². The average molecular weight is 431 g/mol. The van der Waals surface area contributed by atoms with Crippen LogP contribution in [0.25, 0.3) is 0 Å². The summed E-state index contributed by atoms with van der Waals surface area (Å²) in [6.45, 7) is 4.17. The molecule has 0 aromatic heterocycles. The summed E-state index contributed by atoms with van der Waals surface area (Å²) in [4.78, 5) is 18.1. The number of benzene rings is 1. The number of carbonyl (C=O) groups excluding carboxylic acids is 1. The van der Waals surface area contributed by atoms with Gasteiger partial charge in [0, 0.05) is 53.1 Å². The van der Waals surface area contributed by atoms with Crippen molar-refractivity contribution in [1.82, 2.24) is 15.5 Å². The second-order valence-electron chi connectivity index (χ2n) is 8.72. The Kier molecular flexibility index (Phi) is 9.62. The number of hydrogen-bond donors (Lipinski definition) is 2. The van der Waals surface area contributed by atoms with Crippen LogP contribution in [0.2, 0.25) is 0 Å². The fraction of sp³-hybridized carbons (Fsp3) is 0.667. The first kappa shape index (κ1) is 23.5. The minimum Gasteiger partial charge on any atom is -0.381 e. The standard InChI is InChI=1S/C24H38N4O3/c1-28(2)23(29)17-26-24(25-12-5-13-31-18-19-10-14-30-15-11-19)27-22-9-8-20-6-3-4-7-21(20)16-22/h3-4,6-7,19,22H,5,8-18H2,1-2H3,(H2,25,26,27). The largest absolute Gasteiger partial charge is 0.381 e. The number of amides is 1. The van der Waals surface area contributed by atoms with E-state index >= 15 is 0 Å². The molecule has 3 rings (SSSR count). The van der Waals surface area contributed by atoms with Crippen molar-refractivity contribution in [3.63, 3.8) is 0 Å². The molecular weight excluding hydrogens is 392 g/mol. The van der Waals surface area contributed by atoms with Gasteiger partial charge in [0.1, 0.15) is 6.54 Å². The molecule has 2 aliphatic rings. The Bertz CT molecular complexity index is 717. The normalized spacial score (nSPS) is 19.5. The maximum Gasteiger partial charge on any atom is 0.243 e. The number of carbonyl (C=O) groups is 1. The molecule has 172 valence electrons. The quantitative estimate of drug-likeness (QED) is 0.356. The first-order valence-corrected chi connectivity index (χ1v) is 11.6. The zero-order valence-corrected chi connectivity index (χ0v) is 19.1. The van der Waals surface area contributed by atoms with E-state index in [9.17, 15) is 4.79 Å². The van der Waals surface area contributed by atoms with Crippen molar-refractivity contribution >= 4 is 11.9 Å². The molecule has 7 nitrogen and oxygen atoms in total. The maximum absolute atomic E-state index is 12.0. The van der Waals surface area contributed by atoms with Crippen molar-refractivity contribution in [2.24, 2.45) is 10.9 Å². The van der Waals surface area contributed by atoms with E-state index in [-0.39, 0.29) is 12.5 Å². The molecule has 1 amide bonds. The Morgan fingerprint density at radius 2 is 1.97 bits per heavy atom. The number of hydrogen-bond acceptors (Lipinski definition) is 4. The van der Waals surface area contributed by atoms with Gasteiger partial charge in [0.15, 0.2) is 5.96 Å². The van der Waals surface area contributed by atoms with Gasteiger partial charge in [-0.3, -0.25) is 4.79 Å². The number of nitrogens with one attached hydrogen (secondary N) is 2. The fourth-order valence-electron chi connectivity index (χ4n) is 4.00. The van der Waals surface area contributed by atoms with E-state index in [4.69, 9.17) is 9.47 Å². The fourth-order valence-corrected chi connectivity index (χ4v) is 4.00. The van der Waals surface area contributed by atoms with Crippen LogP contribution in [0.1, 0.15) is 36.8 Å². The van der Waals surface area contributed by atoms with Gasteiger partial charge in [-0.15, -0.1) is 0 Å². The van der Waals surface area contributed by atoms with E-state index < -0.39 is 0 Å². The number of aliphatic imine (C=N–C) groups is 1. The smallest absolute Gasteiger partial charge is 0.243 e. The van der Waals surface area contributed by atoms with Crippen molar-refractivity contribution in [1.29, 1.82) is 0 Å². The summed E-state index contributed by atoms with van der Waals surface area (Å²) in [7, 11) is 3.51. The molecule has 0 saturated carbocycles. The van der Waals surface area contributed by atoms with Crippen molar-refractivity contribution in [3.05, 3.63) is 35.4 Å². The number of aryl methyl sites for hydroxylation is 1. The zero-order valence-electron chi connectivity index (χ0n) is 19.1.